The van der Waals surface area contributed by atoms with Crippen molar-refractivity contribution in [2.45, 2.75) is 38.1 Å². The van der Waals surface area contributed by atoms with Crippen molar-refractivity contribution < 1.29 is 4.74 Å². The van der Waals surface area contributed by atoms with Crippen LogP contribution in [0.5, 0.6) is 0 Å². The fourth-order valence-corrected chi connectivity index (χ4v) is 5.13. The zero-order chi connectivity index (χ0) is 25.5. The first-order valence-electron chi connectivity index (χ1n) is 12.9. The van der Waals surface area contributed by atoms with Crippen LogP contribution < -0.4 is 5.32 Å². The molecule has 3 aromatic carbocycles. The van der Waals surface area contributed by atoms with Gasteiger partial charge in [0.1, 0.15) is 6.23 Å². The van der Waals surface area contributed by atoms with Gasteiger partial charge in [0.2, 0.25) is 0 Å². The van der Waals surface area contributed by atoms with Crippen LogP contribution in [0.3, 0.4) is 0 Å². The summed E-state index contributed by atoms with van der Waals surface area (Å²) in [6.07, 6.45) is 5.00. The maximum Gasteiger partial charge on any atom is 0.111 e. The van der Waals surface area contributed by atoms with E-state index in [9.17, 15) is 0 Å². The maximum atomic E-state index is 5.69. The summed E-state index contributed by atoms with van der Waals surface area (Å²) >= 11 is 5.69. The van der Waals surface area contributed by atoms with E-state index in [2.05, 4.69) is 46.6 Å². The molecule has 0 amide bonds. The highest BCUT2D eigenvalue weighted by molar-refractivity contribution is 6.25. The van der Waals surface area contributed by atoms with Crippen molar-refractivity contribution in [3.05, 3.63) is 96.0 Å². The molecule has 190 valence electrons. The molecule has 4 aromatic rings. The Morgan fingerprint density at radius 3 is 2.24 bits per heavy atom. The minimum atomic E-state index is -0.0129. The van der Waals surface area contributed by atoms with Crippen molar-refractivity contribution in [1.82, 2.24) is 20.2 Å². The molecule has 1 fully saturated rings. The SMILES string of the molecule is COC(C/C=C/Cl)N[C@@H]1CCCN(Cc2ccc(-c3nc4ccccc4nc3-c3ccccc3)cc2)C1. The van der Waals surface area contributed by atoms with E-state index in [4.69, 9.17) is 26.3 Å². The monoisotopic (exact) mass is 512 g/mol. The number of hydrogen-bond acceptors (Lipinski definition) is 5. The van der Waals surface area contributed by atoms with Crippen LogP contribution in [0.1, 0.15) is 24.8 Å². The molecule has 37 heavy (non-hydrogen) atoms. The predicted octanol–water partition coefficient (Wildman–Crippen LogP) is 6.63. The number of ether oxygens (including phenoxy) is 1. The van der Waals surface area contributed by atoms with Crippen LogP contribution in [0.4, 0.5) is 0 Å². The number of fused-ring (bicyclic) bond motifs is 1. The zero-order valence-electron chi connectivity index (χ0n) is 21.2. The molecule has 1 aliphatic heterocycles. The smallest absolute Gasteiger partial charge is 0.111 e. The fraction of sp³-hybridized carbons (Fsp3) is 0.290. The summed E-state index contributed by atoms with van der Waals surface area (Å²) in [4.78, 5) is 12.5. The minimum Gasteiger partial charge on any atom is -0.366 e. The molecule has 0 spiro atoms. The van der Waals surface area contributed by atoms with Gasteiger partial charge in [-0.25, -0.2) is 9.97 Å². The highest BCUT2D eigenvalue weighted by Crippen LogP contribution is 2.31. The number of aromatic nitrogens is 2. The van der Waals surface area contributed by atoms with Crippen LogP contribution >= 0.6 is 11.6 Å². The second-order valence-corrected chi connectivity index (χ2v) is 9.79. The van der Waals surface area contributed by atoms with Gasteiger partial charge in [0.25, 0.3) is 0 Å². The Kier molecular flexibility index (Phi) is 8.59. The van der Waals surface area contributed by atoms with Crippen molar-refractivity contribution in [2.75, 3.05) is 20.2 Å². The molecule has 0 saturated carbocycles. The van der Waals surface area contributed by atoms with E-state index in [0.29, 0.717) is 6.04 Å². The molecule has 5 nitrogen and oxygen atoms in total. The summed E-state index contributed by atoms with van der Waals surface area (Å²) in [7, 11) is 1.74. The Balaban J connectivity index is 1.33. The molecule has 0 bridgehead atoms. The molecule has 0 radical (unpaired) electrons. The van der Waals surface area contributed by atoms with Crippen molar-refractivity contribution in [2.24, 2.45) is 0 Å². The number of halogens is 1. The normalized spacial score (nSPS) is 17.4. The molecule has 2 atom stereocenters. The van der Waals surface area contributed by atoms with E-state index in [1.54, 1.807) is 12.6 Å². The second-order valence-electron chi connectivity index (χ2n) is 9.54. The summed E-state index contributed by atoms with van der Waals surface area (Å²) in [6, 6.07) is 27.6. The van der Waals surface area contributed by atoms with E-state index in [1.807, 2.05) is 48.5 Å². The number of rotatable bonds is 9. The predicted molar refractivity (Wildman–Crippen MR) is 152 cm³/mol. The van der Waals surface area contributed by atoms with Gasteiger partial charge in [-0.1, -0.05) is 84.4 Å². The first-order valence-corrected chi connectivity index (χ1v) is 13.3. The molecule has 1 unspecified atom stereocenters. The first-order chi connectivity index (χ1) is 18.2. The molecular formula is C31H33ClN4O. The van der Waals surface area contributed by atoms with Crippen LogP contribution in [0.2, 0.25) is 0 Å². The van der Waals surface area contributed by atoms with E-state index >= 15 is 0 Å². The van der Waals surface area contributed by atoms with Crippen LogP contribution in [0.15, 0.2) is 90.5 Å². The van der Waals surface area contributed by atoms with Crippen LogP contribution in [0.25, 0.3) is 33.5 Å². The van der Waals surface area contributed by atoms with Crippen LogP contribution in [0, 0.1) is 0 Å². The lowest BCUT2D eigenvalue weighted by molar-refractivity contribution is 0.0502. The molecule has 5 rings (SSSR count). The number of methoxy groups -OCH3 is 1. The third-order valence-corrected chi connectivity index (χ3v) is 7.08. The summed E-state index contributed by atoms with van der Waals surface area (Å²) in [5, 5.41) is 3.63. The van der Waals surface area contributed by atoms with Crippen LogP contribution in [-0.4, -0.2) is 47.3 Å². The van der Waals surface area contributed by atoms with Gasteiger partial charge in [-0.2, -0.15) is 0 Å². The lowest BCUT2D eigenvalue weighted by atomic mass is 10.0. The molecule has 1 saturated heterocycles. The number of para-hydroxylation sites is 2. The lowest BCUT2D eigenvalue weighted by Crippen LogP contribution is -2.49. The molecule has 6 heteroatoms. The topological polar surface area (TPSA) is 50.3 Å². The average Bonchev–Trinajstić information content (AvgIpc) is 2.95. The number of nitrogens with one attached hydrogen (secondary N) is 1. The van der Waals surface area contributed by atoms with Crippen molar-refractivity contribution in [3.63, 3.8) is 0 Å². The highest BCUT2D eigenvalue weighted by Gasteiger charge is 2.22. The number of piperidine rings is 1. The third kappa shape index (κ3) is 6.43. The number of nitrogens with zero attached hydrogens (tertiary/aromatic N) is 3. The fourth-order valence-electron chi connectivity index (χ4n) is 5.03. The summed E-state index contributed by atoms with van der Waals surface area (Å²) in [6.45, 7) is 3.03. The van der Waals surface area contributed by atoms with Crippen molar-refractivity contribution in [1.29, 1.82) is 0 Å². The molecule has 1 aliphatic rings. The minimum absolute atomic E-state index is 0.0129. The van der Waals surface area contributed by atoms with Gasteiger partial charge >= 0.3 is 0 Å². The summed E-state index contributed by atoms with van der Waals surface area (Å²) < 4.78 is 5.58. The summed E-state index contributed by atoms with van der Waals surface area (Å²) in [5.74, 6) is 0. The van der Waals surface area contributed by atoms with Gasteiger partial charge in [-0.3, -0.25) is 10.2 Å². The molecular weight excluding hydrogens is 480 g/mol. The maximum absolute atomic E-state index is 5.69. The summed E-state index contributed by atoms with van der Waals surface area (Å²) in [5.41, 5.74) is 8.64. The standard InChI is InChI=1S/C31H33ClN4O/c1-37-29(14-7-19-32)33-26-11-8-20-36(22-26)21-23-15-17-25(18-16-23)31-30(24-9-3-2-4-10-24)34-27-12-5-6-13-28(27)35-31/h2-7,9-10,12-13,15-19,26,29,33H,8,11,14,20-22H2,1H3/b19-7+/t26-,29?/m1/s1. The van der Waals surface area contributed by atoms with Gasteiger partial charge < -0.3 is 4.74 Å². The Morgan fingerprint density at radius 2 is 1.59 bits per heavy atom. The van der Waals surface area contributed by atoms with Gasteiger partial charge in [0, 0.05) is 49.3 Å². The van der Waals surface area contributed by atoms with E-state index in [-0.39, 0.29) is 6.23 Å². The molecule has 1 aromatic heterocycles. The largest absolute Gasteiger partial charge is 0.366 e. The number of benzene rings is 3. The molecule has 0 aliphatic carbocycles. The van der Waals surface area contributed by atoms with Gasteiger partial charge in [0.05, 0.1) is 22.4 Å². The Hall–Kier alpha value is -3.09. The lowest BCUT2D eigenvalue weighted by Gasteiger charge is -2.35. The van der Waals surface area contributed by atoms with Crippen LogP contribution in [-0.2, 0) is 11.3 Å². The molecule has 1 N–H and O–H groups in total. The van der Waals surface area contributed by atoms with Gasteiger partial charge in [-0.05, 0) is 37.1 Å². The van der Waals surface area contributed by atoms with E-state index in [1.165, 1.54) is 12.0 Å². The van der Waals surface area contributed by atoms with E-state index < -0.39 is 0 Å². The third-order valence-electron chi connectivity index (χ3n) is 6.90. The van der Waals surface area contributed by atoms with Gasteiger partial charge in [-0.15, -0.1) is 0 Å². The number of likely N-dealkylation sites (tertiary alicyclic amines) is 1. The zero-order valence-corrected chi connectivity index (χ0v) is 21.9. The first kappa shape index (κ1) is 25.6. The molecule has 2 heterocycles. The van der Waals surface area contributed by atoms with Crippen molar-refractivity contribution >= 4 is 22.6 Å². The average molecular weight is 513 g/mol. The second kappa shape index (κ2) is 12.4. The van der Waals surface area contributed by atoms with Gasteiger partial charge in [0.15, 0.2) is 0 Å². The number of hydrogen-bond donors (Lipinski definition) is 1. The Morgan fingerprint density at radius 1 is 0.946 bits per heavy atom. The Labute approximate surface area is 224 Å². The van der Waals surface area contributed by atoms with E-state index in [0.717, 1.165) is 66.0 Å². The Bertz CT molecular complexity index is 1330. The highest BCUT2D eigenvalue weighted by atomic mass is 35.5. The quantitative estimate of drug-likeness (QED) is 0.255. The van der Waals surface area contributed by atoms with Crippen molar-refractivity contribution in [3.8, 4) is 22.5 Å².